The molecule has 2 bridgehead atoms. The monoisotopic (exact) mass is 526 g/mol. The summed E-state index contributed by atoms with van der Waals surface area (Å²) < 4.78 is 42.5. The van der Waals surface area contributed by atoms with E-state index in [0.717, 1.165) is 19.3 Å². The minimum absolute atomic E-state index is 0.00156. The molecule has 8 nitrogen and oxygen atoms in total. The number of nitrogens with one attached hydrogen (secondary N) is 1. The van der Waals surface area contributed by atoms with Gasteiger partial charge < -0.3 is 14.6 Å². The van der Waals surface area contributed by atoms with Crippen molar-refractivity contribution in [1.29, 1.82) is 5.26 Å². The van der Waals surface area contributed by atoms with E-state index in [9.17, 15) is 28.0 Å². The van der Waals surface area contributed by atoms with Gasteiger partial charge in [0.2, 0.25) is 5.91 Å². The average molecular weight is 527 g/mol. The highest BCUT2D eigenvalue weighted by atomic mass is 32.2. The van der Waals surface area contributed by atoms with Gasteiger partial charge in [0.25, 0.3) is 0 Å². The molecule has 0 spiro atoms. The van der Waals surface area contributed by atoms with Gasteiger partial charge in [-0.2, -0.15) is 5.26 Å². The molecule has 1 aliphatic heterocycles. The second kappa shape index (κ2) is 10.6. The molecule has 1 aliphatic carbocycles. The van der Waals surface area contributed by atoms with Crippen LogP contribution in [0.5, 0.6) is 0 Å². The first-order chi connectivity index (χ1) is 17.5. The molecule has 2 unspecified atom stereocenters. The molecule has 2 fully saturated rings. The van der Waals surface area contributed by atoms with Crippen LogP contribution in [0.15, 0.2) is 47.4 Å². The summed E-state index contributed by atoms with van der Waals surface area (Å²) in [5, 5.41) is 12.4. The van der Waals surface area contributed by atoms with Crippen molar-refractivity contribution in [3.63, 3.8) is 0 Å². The van der Waals surface area contributed by atoms with Crippen molar-refractivity contribution in [3.05, 3.63) is 53.8 Å². The normalized spacial score (nSPS) is 22.3. The van der Waals surface area contributed by atoms with E-state index in [-0.39, 0.29) is 28.8 Å². The third-order valence-corrected chi connectivity index (χ3v) is 7.44. The molecule has 2 amide bonds. The molecule has 1 saturated carbocycles. The highest BCUT2D eigenvalue weighted by molar-refractivity contribution is 7.79. The Morgan fingerprint density at radius 2 is 1.89 bits per heavy atom. The number of amides is 2. The number of nitrogens with zero attached hydrogens (tertiary/aromatic N) is 2. The average Bonchev–Trinajstić information content (AvgIpc) is 3.45. The Bertz CT molecular complexity index is 1250. The van der Waals surface area contributed by atoms with E-state index in [1.165, 1.54) is 23.1 Å². The first kappa shape index (κ1) is 26.8. The number of hydrogen-bond acceptors (Lipinski definition) is 6. The van der Waals surface area contributed by atoms with Crippen molar-refractivity contribution in [3.8, 4) is 17.2 Å². The third kappa shape index (κ3) is 6.00. The van der Waals surface area contributed by atoms with E-state index >= 15 is 0 Å². The van der Waals surface area contributed by atoms with Gasteiger partial charge in [-0.3, -0.25) is 13.9 Å². The van der Waals surface area contributed by atoms with Crippen LogP contribution in [0.3, 0.4) is 0 Å². The smallest absolute Gasteiger partial charge is 0.411 e. The fourth-order valence-electron chi connectivity index (χ4n) is 5.16. The molecule has 1 saturated heterocycles. The summed E-state index contributed by atoms with van der Waals surface area (Å²) in [5.74, 6) is -0.977. The molecule has 196 valence electrons. The maximum atomic E-state index is 14.9. The van der Waals surface area contributed by atoms with Gasteiger partial charge in [0.1, 0.15) is 23.5 Å². The van der Waals surface area contributed by atoms with Crippen LogP contribution in [0.4, 0.5) is 9.18 Å². The fourth-order valence-corrected chi connectivity index (χ4v) is 5.52. The van der Waals surface area contributed by atoms with Crippen LogP contribution in [0.2, 0.25) is 0 Å². The van der Waals surface area contributed by atoms with Gasteiger partial charge in [-0.05, 0) is 91.9 Å². The summed E-state index contributed by atoms with van der Waals surface area (Å²) in [5.41, 5.74) is 0.751. The van der Waals surface area contributed by atoms with E-state index in [2.05, 4.69) is 5.32 Å². The number of fused-ring (bicyclic) bond motifs is 2. The highest BCUT2D eigenvalue weighted by Gasteiger charge is 2.52. The van der Waals surface area contributed by atoms with Crippen molar-refractivity contribution in [2.75, 3.05) is 0 Å². The van der Waals surface area contributed by atoms with Gasteiger partial charge >= 0.3 is 6.09 Å². The second-order valence-corrected chi connectivity index (χ2v) is 11.5. The number of benzene rings is 2. The number of carbonyl (C=O) groups excluding carboxylic acids is 2. The summed E-state index contributed by atoms with van der Waals surface area (Å²) in [4.78, 5) is 27.7. The molecule has 2 aliphatic rings. The summed E-state index contributed by atoms with van der Waals surface area (Å²) in [6, 6.07) is 10.8. The molecule has 0 aromatic heterocycles. The zero-order chi connectivity index (χ0) is 26.9. The minimum atomic E-state index is -2.34. The van der Waals surface area contributed by atoms with Crippen LogP contribution in [0.25, 0.3) is 11.1 Å². The zero-order valence-corrected chi connectivity index (χ0v) is 21.7. The van der Waals surface area contributed by atoms with Crippen LogP contribution in [0.1, 0.15) is 45.6 Å². The molecule has 0 radical (unpaired) electrons. The molecule has 1 heterocycles. The number of nitriles is 1. The van der Waals surface area contributed by atoms with E-state index < -0.39 is 46.6 Å². The largest absolute Gasteiger partial charge is 0.768 e. The number of halogens is 1. The molecule has 2 aromatic carbocycles. The Hall–Kier alpha value is -3.29. The fraction of sp³-hybridized carbons (Fsp3) is 0.444. The van der Waals surface area contributed by atoms with Gasteiger partial charge in [0.05, 0.1) is 6.07 Å². The van der Waals surface area contributed by atoms with Crippen molar-refractivity contribution < 1.29 is 27.5 Å². The first-order valence-electron chi connectivity index (χ1n) is 12.2. The number of rotatable bonds is 6. The number of piperidine rings is 1. The summed E-state index contributed by atoms with van der Waals surface area (Å²) in [6.45, 7) is 5.30. The highest BCUT2D eigenvalue weighted by Crippen LogP contribution is 2.43. The molecule has 37 heavy (non-hydrogen) atoms. The van der Waals surface area contributed by atoms with Gasteiger partial charge in [0, 0.05) is 17.4 Å². The standard InChI is InChI=1S/C27H30FN3O5S/c1-27(2,3)36-26(33)31-21-9-6-19(13-21)24(31)25(32)30-20(15-29)12-18-5-4-17(14-23(18)28)16-7-10-22(11-8-16)37(34)35/h4-5,7-8,10-11,14,19-21,24H,6,9,12-13H2,1-3H3,(H,30,32)(H,34,35)/p-1/t19-,20?,21+,24-/m0/s1. The van der Waals surface area contributed by atoms with Gasteiger partial charge in [-0.15, -0.1) is 0 Å². The lowest BCUT2D eigenvalue weighted by molar-refractivity contribution is -0.128. The zero-order valence-electron chi connectivity index (χ0n) is 20.9. The van der Waals surface area contributed by atoms with Gasteiger partial charge in [-0.1, -0.05) is 24.3 Å². The van der Waals surface area contributed by atoms with Crippen LogP contribution < -0.4 is 5.32 Å². The van der Waals surface area contributed by atoms with Gasteiger partial charge in [-0.25, -0.2) is 9.18 Å². The molecule has 4 rings (SSSR count). The van der Waals surface area contributed by atoms with E-state index in [1.54, 1.807) is 45.0 Å². The third-order valence-electron chi connectivity index (χ3n) is 6.79. The topological polar surface area (TPSA) is 123 Å². The lowest BCUT2D eigenvalue weighted by Gasteiger charge is -2.35. The molecule has 2 aromatic rings. The van der Waals surface area contributed by atoms with Crippen molar-refractivity contribution in [1.82, 2.24) is 10.2 Å². The predicted molar refractivity (Wildman–Crippen MR) is 133 cm³/mol. The Kier molecular flexibility index (Phi) is 7.67. The second-order valence-electron chi connectivity index (χ2n) is 10.5. The van der Waals surface area contributed by atoms with Crippen molar-refractivity contribution in [2.24, 2.45) is 5.92 Å². The predicted octanol–water partition coefficient (Wildman–Crippen LogP) is 4.07. The minimum Gasteiger partial charge on any atom is -0.768 e. The summed E-state index contributed by atoms with van der Waals surface area (Å²) in [6.07, 6.45) is 1.77. The number of hydrogen-bond donors (Lipinski definition) is 1. The van der Waals surface area contributed by atoms with Crippen molar-refractivity contribution in [2.45, 2.75) is 75.1 Å². The Balaban J connectivity index is 1.45. The molecular weight excluding hydrogens is 497 g/mol. The number of likely N-dealkylation sites (tertiary alicyclic amines) is 1. The Morgan fingerprint density at radius 3 is 2.49 bits per heavy atom. The van der Waals surface area contributed by atoms with E-state index in [0.29, 0.717) is 11.1 Å². The molecular formula is C27H29FN3O5S-. The first-order valence-corrected chi connectivity index (χ1v) is 13.2. The van der Waals surface area contributed by atoms with Crippen molar-refractivity contribution >= 4 is 23.1 Å². The lowest BCUT2D eigenvalue weighted by Crippen LogP contribution is -2.55. The summed E-state index contributed by atoms with van der Waals surface area (Å²) in [7, 11) is 0. The number of carbonyl (C=O) groups is 2. The van der Waals surface area contributed by atoms with E-state index in [4.69, 9.17) is 4.74 Å². The Morgan fingerprint density at radius 1 is 1.22 bits per heavy atom. The molecule has 10 heteroatoms. The maximum absolute atomic E-state index is 14.9. The quantitative estimate of drug-likeness (QED) is 0.566. The van der Waals surface area contributed by atoms with E-state index in [1.807, 2.05) is 6.07 Å². The molecule has 1 N–H and O–H groups in total. The van der Waals surface area contributed by atoms with Crippen LogP contribution in [-0.4, -0.2) is 49.4 Å². The number of ether oxygens (including phenoxy) is 1. The summed E-state index contributed by atoms with van der Waals surface area (Å²) >= 11 is -2.34. The molecule has 5 atom stereocenters. The van der Waals surface area contributed by atoms with Crippen LogP contribution in [0, 0.1) is 23.1 Å². The SMILES string of the molecule is CC(C)(C)OC(=O)N1[C@@H]2CC[C@@H](C2)[C@H]1C(=O)NC(C#N)Cc1ccc(-c2ccc(S(=O)[O-])cc2)cc1F. The maximum Gasteiger partial charge on any atom is 0.411 e. The van der Waals surface area contributed by atoms with Crippen LogP contribution in [-0.2, 0) is 27.0 Å². The van der Waals surface area contributed by atoms with Gasteiger partial charge in [0.15, 0.2) is 0 Å². The Labute approximate surface area is 218 Å². The van der Waals surface area contributed by atoms with Crippen LogP contribution >= 0.6 is 0 Å². The lowest BCUT2D eigenvalue weighted by atomic mass is 9.97.